The van der Waals surface area contributed by atoms with Gasteiger partial charge >= 0.3 is 0 Å². The fraction of sp³-hybridized carbons (Fsp3) is 0.231. The number of benzene rings is 1. The number of rotatable bonds is 2. The summed E-state index contributed by atoms with van der Waals surface area (Å²) < 4.78 is 0. The van der Waals surface area contributed by atoms with E-state index in [4.69, 9.17) is 5.84 Å². The number of anilines is 1. The van der Waals surface area contributed by atoms with Crippen LogP contribution in [-0.2, 0) is 11.5 Å². The zero-order chi connectivity index (χ0) is 12.5. The van der Waals surface area contributed by atoms with Crippen molar-refractivity contribution in [3.05, 3.63) is 41.1 Å². The molecule has 0 unspecified atom stereocenters. The summed E-state index contributed by atoms with van der Waals surface area (Å²) in [5.41, 5.74) is 7.17. The minimum Gasteiger partial charge on any atom is -0.308 e. The van der Waals surface area contributed by atoms with E-state index >= 15 is 0 Å². The zero-order valence-electron chi connectivity index (χ0n) is 10.1. The summed E-state index contributed by atoms with van der Waals surface area (Å²) in [6.45, 7) is 2.07. The molecule has 3 rings (SSSR count). The average molecular weight is 258 g/mol. The lowest BCUT2D eigenvalue weighted by Gasteiger charge is -2.09. The number of aryl methyl sites for hydroxylation is 1. The van der Waals surface area contributed by atoms with E-state index in [1.807, 2.05) is 23.9 Å². The molecule has 0 atom stereocenters. The van der Waals surface area contributed by atoms with Crippen LogP contribution in [0, 0.1) is 6.92 Å². The van der Waals surface area contributed by atoms with Crippen molar-refractivity contribution in [1.82, 2.24) is 9.97 Å². The highest BCUT2D eigenvalue weighted by Gasteiger charge is 2.19. The molecule has 0 saturated heterocycles. The number of hydrazine groups is 1. The first-order chi connectivity index (χ1) is 8.78. The van der Waals surface area contributed by atoms with E-state index in [0.29, 0.717) is 0 Å². The molecule has 2 heterocycles. The highest BCUT2D eigenvalue weighted by atomic mass is 32.2. The molecule has 0 fully saturated rings. The van der Waals surface area contributed by atoms with Gasteiger partial charge in [0, 0.05) is 22.6 Å². The summed E-state index contributed by atoms with van der Waals surface area (Å²) in [5, 5.41) is 0. The highest BCUT2D eigenvalue weighted by molar-refractivity contribution is 7.98. The van der Waals surface area contributed by atoms with Gasteiger partial charge in [-0.1, -0.05) is 29.8 Å². The number of aromatic nitrogens is 2. The lowest BCUT2D eigenvalue weighted by Crippen LogP contribution is -2.12. The van der Waals surface area contributed by atoms with E-state index in [1.165, 1.54) is 5.56 Å². The second kappa shape index (κ2) is 4.59. The molecule has 0 bridgehead atoms. The molecule has 0 spiro atoms. The molecule has 5 heteroatoms. The van der Waals surface area contributed by atoms with Crippen LogP contribution in [0.5, 0.6) is 0 Å². The number of fused-ring (bicyclic) bond motifs is 1. The SMILES string of the molecule is Cc1ccc(-c2nc3c(c(NN)n2)CSC3)cc1. The Kier molecular flexibility index (Phi) is 2.93. The quantitative estimate of drug-likeness (QED) is 0.640. The van der Waals surface area contributed by atoms with Crippen LogP contribution in [0.2, 0.25) is 0 Å². The Morgan fingerprint density at radius 3 is 2.67 bits per heavy atom. The third-order valence-electron chi connectivity index (χ3n) is 3.02. The second-order valence-corrected chi connectivity index (χ2v) is 5.31. The molecule has 2 aromatic rings. The maximum absolute atomic E-state index is 5.54. The topological polar surface area (TPSA) is 63.8 Å². The normalized spacial score (nSPS) is 13.4. The molecule has 1 aliphatic rings. The molecule has 92 valence electrons. The Labute approximate surface area is 110 Å². The van der Waals surface area contributed by atoms with Gasteiger partial charge in [0.25, 0.3) is 0 Å². The van der Waals surface area contributed by atoms with Crippen LogP contribution in [-0.4, -0.2) is 9.97 Å². The van der Waals surface area contributed by atoms with Gasteiger partial charge in [0.1, 0.15) is 5.82 Å². The maximum Gasteiger partial charge on any atom is 0.161 e. The van der Waals surface area contributed by atoms with Gasteiger partial charge in [-0.25, -0.2) is 15.8 Å². The van der Waals surface area contributed by atoms with Crippen molar-refractivity contribution in [3.63, 3.8) is 0 Å². The Bertz CT molecular complexity index is 580. The molecule has 1 aliphatic heterocycles. The lowest BCUT2D eigenvalue weighted by molar-refractivity contribution is 1.06. The van der Waals surface area contributed by atoms with Crippen LogP contribution in [0.15, 0.2) is 24.3 Å². The number of nitrogens with one attached hydrogen (secondary N) is 1. The Morgan fingerprint density at radius 2 is 1.94 bits per heavy atom. The van der Waals surface area contributed by atoms with E-state index in [-0.39, 0.29) is 0 Å². The van der Waals surface area contributed by atoms with E-state index in [2.05, 4.69) is 34.5 Å². The smallest absolute Gasteiger partial charge is 0.161 e. The largest absolute Gasteiger partial charge is 0.308 e. The predicted octanol–water partition coefficient (Wildman–Crippen LogP) is 2.48. The van der Waals surface area contributed by atoms with Crippen LogP contribution in [0.1, 0.15) is 16.8 Å². The Balaban J connectivity index is 2.10. The first kappa shape index (κ1) is 11.5. The molecule has 0 aliphatic carbocycles. The molecule has 1 aromatic carbocycles. The van der Waals surface area contributed by atoms with Gasteiger partial charge in [-0.2, -0.15) is 11.8 Å². The second-order valence-electron chi connectivity index (χ2n) is 4.32. The first-order valence-electron chi connectivity index (χ1n) is 5.79. The van der Waals surface area contributed by atoms with E-state index < -0.39 is 0 Å². The predicted molar refractivity (Wildman–Crippen MR) is 75.0 cm³/mol. The van der Waals surface area contributed by atoms with Crippen molar-refractivity contribution in [1.29, 1.82) is 0 Å². The van der Waals surface area contributed by atoms with E-state index in [0.717, 1.165) is 40.0 Å². The number of nitrogens with two attached hydrogens (primary N) is 1. The number of thioether (sulfide) groups is 1. The minimum atomic E-state index is 0.740. The minimum absolute atomic E-state index is 0.740. The Morgan fingerprint density at radius 1 is 1.17 bits per heavy atom. The lowest BCUT2D eigenvalue weighted by atomic mass is 10.1. The van der Waals surface area contributed by atoms with Gasteiger partial charge < -0.3 is 5.43 Å². The van der Waals surface area contributed by atoms with Gasteiger partial charge in [0.2, 0.25) is 0 Å². The molecule has 0 radical (unpaired) electrons. The van der Waals surface area contributed by atoms with Gasteiger partial charge in [-0.15, -0.1) is 0 Å². The monoisotopic (exact) mass is 258 g/mol. The van der Waals surface area contributed by atoms with Crippen LogP contribution in [0.25, 0.3) is 11.4 Å². The molecular formula is C13H14N4S. The van der Waals surface area contributed by atoms with Crippen LogP contribution >= 0.6 is 11.8 Å². The van der Waals surface area contributed by atoms with Crippen LogP contribution in [0.4, 0.5) is 5.82 Å². The summed E-state index contributed by atoms with van der Waals surface area (Å²) >= 11 is 1.84. The van der Waals surface area contributed by atoms with Crippen molar-refractivity contribution in [2.45, 2.75) is 18.4 Å². The van der Waals surface area contributed by atoms with Crippen molar-refractivity contribution in [2.75, 3.05) is 5.43 Å². The molecule has 0 amide bonds. The molecule has 0 saturated carbocycles. The standard InChI is InChI=1S/C13H14N4S/c1-8-2-4-9(5-3-8)12-15-11-7-18-6-10(11)13(16-12)17-14/h2-5H,6-7,14H2,1H3,(H,15,16,17). The number of hydrogen-bond acceptors (Lipinski definition) is 5. The molecule has 1 aromatic heterocycles. The number of hydrogen-bond donors (Lipinski definition) is 2. The summed E-state index contributed by atoms with van der Waals surface area (Å²) in [6, 6.07) is 8.21. The third-order valence-corrected chi connectivity index (χ3v) is 3.99. The maximum atomic E-state index is 5.54. The van der Waals surface area contributed by atoms with Crippen molar-refractivity contribution < 1.29 is 0 Å². The zero-order valence-corrected chi connectivity index (χ0v) is 10.9. The van der Waals surface area contributed by atoms with Crippen molar-refractivity contribution in [2.24, 2.45) is 5.84 Å². The fourth-order valence-corrected chi connectivity index (χ4v) is 3.04. The molecule has 18 heavy (non-hydrogen) atoms. The fourth-order valence-electron chi connectivity index (χ4n) is 2.00. The van der Waals surface area contributed by atoms with E-state index in [1.54, 1.807) is 0 Å². The summed E-state index contributed by atoms with van der Waals surface area (Å²) in [4.78, 5) is 9.14. The summed E-state index contributed by atoms with van der Waals surface area (Å²) in [7, 11) is 0. The van der Waals surface area contributed by atoms with Gasteiger partial charge in [0.15, 0.2) is 5.82 Å². The van der Waals surface area contributed by atoms with Crippen molar-refractivity contribution in [3.8, 4) is 11.4 Å². The average Bonchev–Trinajstić information content (AvgIpc) is 2.86. The first-order valence-corrected chi connectivity index (χ1v) is 6.94. The third kappa shape index (κ3) is 1.95. The number of nitrogen functional groups attached to an aromatic ring is 1. The molecule has 4 nitrogen and oxygen atoms in total. The highest BCUT2D eigenvalue weighted by Crippen LogP contribution is 2.33. The summed E-state index contributed by atoms with van der Waals surface area (Å²) in [6.07, 6.45) is 0. The molecule has 3 N–H and O–H groups in total. The van der Waals surface area contributed by atoms with Crippen molar-refractivity contribution >= 4 is 17.6 Å². The molecular weight excluding hydrogens is 244 g/mol. The van der Waals surface area contributed by atoms with Gasteiger partial charge in [-0.05, 0) is 6.92 Å². The van der Waals surface area contributed by atoms with E-state index in [9.17, 15) is 0 Å². The summed E-state index contributed by atoms with van der Waals surface area (Å²) in [5.74, 6) is 8.90. The van der Waals surface area contributed by atoms with Crippen LogP contribution < -0.4 is 11.3 Å². The van der Waals surface area contributed by atoms with Gasteiger partial charge in [-0.3, -0.25) is 0 Å². The van der Waals surface area contributed by atoms with Crippen LogP contribution in [0.3, 0.4) is 0 Å². The Hall–Kier alpha value is -1.59. The van der Waals surface area contributed by atoms with Gasteiger partial charge in [0.05, 0.1) is 5.69 Å². The number of nitrogens with zero attached hydrogens (tertiary/aromatic N) is 2.